The topological polar surface area (TPSA) is 72.9 Å². The number of carbonyl (C=O) groups excluding carboxylic acids is 1. The van der Waals surface area contributed by atoms with Gasteiger partial charge in [-0.25, -0.2) is 0 Å². The third-order valence-corrected chi connectivity index (χ3v) is 2.91. The smallest absolute Gasteiger partial charge is 0.244 e. The van der Waals surface area contributed by atoms with E-state index in [9.17, 15) is 4.79 Å². The zero-order valence-electron chi connectivity index (χ0n) is 11.2. The van der Waals surface area contributed by atoms with Crippen LogP contribution in [0.3, 0.4) is 0 Å². The van der Waals surface area contributed by atoms with Crippen LogP contribution in [0.15, 0.2) is 6.20 Å². The van der Waals surface area contributed by atoms with E-state index >= 15 is 0 Å². The molecule has 0 aliphatic heterocycles. The number of rotatable bonds is 4. The SMILES string of the molecule is CCC(C)(N)C(=O)Nc1cn(C)nc1C(C)C. The molecule has 1 unspecified atom stereocenters. The lowest BCUT2D eigenvalue weighted by Crippen LogP contribution is -2.47. The summed E-state index contributed by atoms with van der Waals surface area (Å²) in [4.78, 5) is 12.0. The summed E-state index contributed by atoms with van der Waals surface area (Å²) in [5.41, 5.74) is 6.69. The second-order valence-corrected chi connectivity index (χ2v) is 4.98. The van der Waals surface area contributed by atoms with Crippen LogP contribution in [0.1, 0.15) is 45.7 Å². The van der Waals surface area contributed by atoms with Crippen molar-refractivity contribution in [1.82, 2.24) is 9.78 Å². The number of aryl methyl sites for hydroxylation is 1. The second kappa shape index (κ2) is 4.87. The summed E-state index contributed by atoms with van der Waals surface area (Å²) >= 11 is 0. The van der Waals surface area contributed by atoms with Crippen molar-refractivity contribution in [2.45, 2.75) is 45.6 Å². The lowest BCUT2D eigenvalue weighted by Gasteiger charge is -2.21. The largest absolute Gasteiger partial charge is 0.322 e. The predicted molar refractivity (Wildman–Crippen MR) is 68.8 cm³/mol. The molecule has 0 saturated carbocycles. The number of hydrogen-bond donors (Lipinski definition) is 2. The van der Waals surface area contributed by atoms with Crippen LogP contribution < -0.4 is 11.1 Å². The van der Waals surface area contributed by atoms with Crippen molar-refractivity contribution in [2.24, 2.45) is 12.8 Å². The minimum absolute atomic E-state index is 0.171. The number of nitrogens with one attached hydrogen (secondary N) is 1. The molecular weight excluding hydrogens is 216 g/mol. The van der Waals surface area contributed by atoms with Crippen molar-refractivity contribution in [3.05, 3.63) is 11.9 Å². The predicted octanol–water partition coefficient (Wildman–Crippen LogP) is 1.61. The van der Waals surface area contributed by atoms with E-state index in [4.69, 9.17) is 5.73 Å². The van der Waals surface area contributed by atoms with Crippen molar-refractivity contribution < 1.29 is 4.79 Å². The van der Waals surface area contributed by atoms with Crippen LogP contribution in [0.4, 0.5) is 5.69 Å². The van der Waals surface area contributed by atoms with Crippen molar-refractivity contribution in [1.29, 1.82) is 0 Å². The molecule has 1 atom stereocenters. The molecule has 1 aromatic rings. The Kier molecular flexibility index (Phi) is 3.93. The van der Waals surface area contributed by atoms with Crippen LogP contribution in [-0.4, -0.2) is 21.2 Å². The number of anilines is 1. The molecule has 96 valence electrons. The molecule has 0 bridgehead atoms. The number of carbonyl (C=O) groups is 1. The highest BCUT2D eigenvalue weighted by Crippen LogP contribution is 2.23. The number of nitrogens with zero attached hydrogens (tertiary/aromatic N) is 2. The summed E-state index contributed by atoms with van der Waals surface area (Å²) in [6, 6.07) is 0. The Labute approximate surface area is 102 Å². The van der Waals surface area contributed by atoms with Crippen LogP contribution in [0, 0.1) is 0 Å². The average molecular weight is 238 g/mol. The van der Waals surface area contributed by atoms with Crippen LogP contribution in [0.5, 0.6) is 0 Å². The van der Waals surface area contributed by atoms with Gasteiger partial charge < -0.3 is 11.1 Å². The molecule has 5 nitrogen and oxygen atoms in total. The molecule has 0 radical (unpaired) electrons. The van der Waals surface area contributed by atoms with Gasteiger partial charge >= 0.3 is 0 Å². The number of nitrogens with two attached hydrogens (primary N) is 1. The van der Waals surface area contributed by atoms with E-state index in [0.29, 0.717) is 6.42 Å². The van der Waals surface area contributed by atoms with E-state index < -0.39 is 5.54 Å². The quantitative estimate of drug-likeness (QED) is 0.837. The molecular formula is C12H22N4O. The first-order chi connectivity index (χ1) is 7.77. The van der Waals surface area contributed by atoms with E-state index in [0.717, 1.165) is 11.4 Å². The number of amides is 1. The molecule has 0 aliphatic rings. The molecule has 0 saturated heterocycles. The van der Waals surface area contributed by atoms with Crippen molar-refractivity contribution in [3.63, 3.8) is 0 Å². The Morgan fingerprint density at radius 1 is 1.65 bits per heavy atom. The van der Waals surface area contributed by atoms with Crippen LogP contribution in [0.2, 0.25) is 0 Å². The Hall–Kier alpha value is -1.36. The third kappa shape index (κ3) is 3.06. The van der Waals surface area contributed by atoms with Gasteiger partial charge in [0.15, 0.2) is 0 Å². The molecule has 1 aromatic heterocycles. The van der Waals surface area contributed by atoms with Gasteiger partial charge in [0.2, 0.25) is 5.91 Å². The summed E-state index contributed by atoms with van der Waals surface area (Å²) in [5, 5.41) is 7.19. The minimum atomic E-state index is -0.843. The maximum Gasteiger partial charge on any atom is 0.244 e. The van der Waals surface area contributed by atoms with E-state index in [1.54, 1.807) is 17.8 Å². The van der Waals surface area contributed by atoms with Gasteiger partial charge in [-0.05, 0) is 19.3 Å². The highest BCUT2D eigenvalue weighted by molar-refractivity contribution is 5.97. The van der Waals surface area contributed by atoms with Gasteiger partial charge in [0.05, 0.1) is 16.9 Å². The molecule has 0 aromatic carbocycles. The third-order valence-electron chi connectivity index (χ3n) is 2.91. The van der Waals surface area contributed by atoms with Crippen LogP contribution in [-0.2, 0) is 11.8 Å². The lowest BCUT2D eigenvalue weighted by atomic mass is 9.99. The minimum Gasteiger partial charge on any atom is -0.322 e. The maximum atomic E-state index is 12.0. The van der Waals surface area contributed by atoms with E-state index in [1.165, 1.54) is 0 Å². The second-order valence-electron chi connectivity index (χ2n) is 4.98. The molecule has 0 spiro atoms. The van der Waals surface area contributed by atoms with Gasteiger partial charge in [0.1, 0.15) is 0 Å². The van der Waals surface area contributed by atoms with E-state index in [1.807, 2.05) is 27.8 Å². The first-order valence-electron chi connectivity index (χ1n) is 5.91. The summed E-state index contributed by atoms with van der Waals surface area (Å²) in [6.45, 7) is 7.71. The van der Waals surface area contributed by atoms with Crippen LogP contribution >= 0.6 is 0 Å². The molecule has 0 fully saturated rings. The van der Waals surface area contributed by atoms with E-state index in [2.05, 4.69) is 10.4 Å². The molecule has 17 heavy (non-hydrogen) atoms. The van der Waals surface area contributed by atoms with Gasteiger partial charge in [-0.2, -0.15) is 5.10 Å². The summed E-state index contributed by atoms with van der Waals surface area (Å²) in [6.07, 6.45) is 2.40. The molecule has 1 heterocycles. The first kappa shape index (κ1) is 13.7. The Morgan fingerprint density at radius 3 is 2.71 bits per heavy atom. The zero-order valence-corrected chi connectivity index (χ0v) is 11.2. The van der Waals surface area contributed by atoms with Gasteiger partial charge in [-0.1, -0.05) is 20.8 Å². The maximum absolute atomic E-state index is 12.0. The first-order valence-corrected chi connectivity index (χ1v) is 5.91. The molecule has 0 aliphatic carbocycles. The van der Waals surface area contributed by atoms with E-state index in [-0.39, 0.29) is 11.8 Å². The molecule has 1 rings (SSSR count). The molecule has 1 amide bonds. The Balaban J connectivity index is 2.92. The summed E-state index contributed by atoms with van der Waals surface area (Å²) in [5.74, 6) is 0.0899. The van der Waals surface area contributed by atoms with Crippen LogP contribution in [0.25, 0.3) is 0 Å². The summed E-state index contributed by atoms with van der Waals surface area (Å²) in [7, 11) is 1.84. The van der Waals surface area contributed by atoms with Crippen molar-refractivity contribution in [2.75, 3.05) is 5.32 Å². The fourth-order valence-corrected chi connectivity index (χ4v) is 1.45. The normalized spacial score (nSPS) is 14.8. The van der Waals surface area contributed by atoms with Gasteiger partial charge in [0, 0.05) is 13.2 Å². The fraction of sp³-hybridized carbons (Fsp3) is 0.667. The Bertz CT molecular complexity index is 407. The fourth-order valence-electron chi connectivity index (χ4n) is 1.45. The zero-order chi connectivity index (χ0) is 13.2. The highest BCUT2D eigenvalue weighted by atomic mass is 16.2. The van der Waals surface area contributed by atoms with Crippen molar-refractivity contribution >= 4 is 11.6 Å². The standard InChI is InChI=1S/C12H22N4O/c1-6-12(4,13)11(17)14-9-7-16(5)15-10(9)8(2)3/h7-8H,6,13H2,1-5H3,(H,14,17). The van der Waals surface area contributed by atoms with Gasteiger partial charge in [-0.3, -0.25) is 9.48 Å². The van der Waals surface area contributed by atoms with Gasteiger partial charge in [0.25, 0.3) is 0 Å². The molecule has 3 N–H and O–H groups in total. The Morgan fingerprint density at radius 2 is 2.24 bits per heavy atom. The molecule has 5 heteroatoms. The number of aromatic nitrogens is 2. The number of hydrogen-bond acceptors (Lipinski definition) is 3. The summed E-state index contributed by atoms with van der Waals surface area (Å²) < 4.78 is 1.70. The monoisotopic (exact) mass is 238 g/mol. The van der Waals surface area contributed by atoms with Gasteiger partial charge in [-0.15, -0.1) is 0 Å². The average Bonchev–Trinajstić information content (AvgIpc) is 2.59. The highest BCUT2D eigenvalue weighted by Gasteiger charge is 2.27. The van der Waals surface area contributed by atoms with Crippen molar-refractivity contribution in [3.8, 4) is 0 Å². The lowest BCUT2D eigenvalue weighted by molar-refractivity contribution is -0.120.